The van der Waals surface area contributed by atoms with E-state index >= 15 is 0 Å². The number of nitrogens with one attached hydrogen (secondary N) is 1. The van der Waals surface area contributed by atoms with Crippen molar-refractivity contribution in [3.05, 3.63) is 47.2 Å². The second-order valence-electron chi connectivity index (χ2n) is 4.82. The van der Waals surface area contributed by atoms with Crippen molar-refractivity contribution < 1.29 is 0 Å². The number of aryl methyl sites for hydroxylation is 1. The third-order valence-electron chi connectivity index (χ3n) is 3.26. The van der Waals surface area contributed by atoms with Crippen LogP contribution < -0.4 is 5.32 Å². The molecule has 3 nitrogen and oxygen atoms in total. The highest BCUT2D eigenvalue weighted by Gasteiger charge is 2.19. The topological polar surface area (TPSA) is 29.9 Å². The van der Waals surface area contributed by atoms with Crippen LogP contribution in [0.5, 0.6) is 0 Å². The Hall–Kier alpha value is -0.970. The van der Waals surface area contributed by atoms with Gasteiger partial charge < -0.3 is 5.32 Å². The van der Waals surface area contributed by atoms with Crippen LogP contribution in [0.3, 0.4) is 0 Å². The van der Waals surface area contributed by atoms with E-state index in [1.807, 2.05) is 22.5 Å². The molecule has 21 heavy (non-hydrogen) atoms. The van der Waals surface area contributed by atoms with Gasteiger partial charge in [0, 0.05) is 17.2 Å². The molecule has 1 heterocycles. The van der Waals surface area contributed by atoms with E-state index in [2.05, 4.69) is 48.5 Å². The second kappa shape index (κ2) is 8.47. The Bertz CT molecular complexity index is 542. The molecule has 2 rings (SSSR count). The van der Waals surface area contributed by atoms with Crippen LogP contribution in [0, 0.1) is 0 Å². The van der Waals surface area contributed by atoms with Crippen molar-refractivity contribution in [2.45, 2.75) is 37.8 Å². The van der Waals surface area contributed by atoms with Crippen LogP contribution in [0.15, 0.2) is 41.4 Å². The quantitative estimate of drug-likeness (QED) is 0.731. The number of hydrogen-bond donors (Lipinski definition) is 1. The number of benzene rings is 1. The van der Waals surface area contributed by atoms with Gasteiger partial charge in [-0.15, -0.1) is 11.8 Å². The van der Waals surface area contributed by atoms with E-state index < -0.39 is 0 Å². The molecule has 1 aromatic carbocycles. The Kier molecular flexibility index (Phi) is 6.61. The second-order valence-corrected chi connectivity index (χ2v) is 6.32. The lowest BCUT2D eigenvalue weighted by Gasteiger charge is -2.20. The van der Waals surface area contributed by atoms with E-state index in [1.54, 1.807) is 6.20 Å². The lowest BCUT2D eigenvalue weighted by atomic mass is 10.2. The molecule has 0 saturated heterocycles. The van der Waals surface area contributed by atoms with Gasteiger partial charge in [-0.25, -0.2) is 0 Å². The van der Waals surface area contributed by atoms with Gasteiger partial charge in [0.25, 0.3) is 0 Å². The highest BCUT2D eigenvalue weighted by atomic mass is 35.5. The molecule has 1 N–H and O–H groups in total. The molecule has 0 spiro atoms. The third kappa shape index (κ3) is 4.50. The molecule has 114 valence electrons. The summed E-state index contributed by atoms with van der Waals surface area (Å²) in [6.45, 7) is 6.08. The van der Waals surface area contributed by atoms with Crippen molar-refractivity contribution in [3.8, 4) is 0 Å². The molecule has 0 bridgehead atoms. The maximum atomic E-state index is 6.35. The minimum Gasteiger partial charge on any atom is -0.308 e. The largest absolute Gasteiger partial charge is 0.308 e. The Balaban J connectivity index is 2.12. The number of thioether (sulfide) groups is 1. The summed E-state index contributed by atoms with van der Waals surface area (Å²) in [6, 6.07) is 10.7. The summed E-state index contributed by atoms with van der Waals surface area (Å²) in [5, 5.41) is 8.69. The van der Waals surface area contributed by atoms with Gasteiger partial charge in [0.2, 0.25) is 0 Å². The van der Waals surface area contributed by atoms with Crippen molar-refractivity contribution in [1.29, 1.82) is 0 Å². The number of nitrogens with zero attached hydrogens (tertiary/aromatic N) is 2. The maximum absolute atomic E-state index is 6.35. The average molecular weight is 324 g/mol. The first-order valence-electron chi connectivity index (χ1n) is 7.38. The summed E-state index contributed by atoms with van der Waals surface area (Å²) < 4.78 is 1.99. The van der Waals surface area contributed by atoms with E-state index in [0.29, 0.717) is 0 Å². The maximum Gasteiger partial charge on any atom is 0.0834 e. The van der Waals surface area contributed by atoms with Crippen LogP contribution in [-0.4, -0.2) is 22.1 Å². The summed E-state index contributed by atoms with van der Waals surface area (Å²) >= 11 is 8.19. The van der Waals surface area contributed by atoms with E-state index in [4.69, 9.17) is 11.6 Å². The van der Waals surface area contributed by atoms with Crippen LogP contribution in [-0.2, 0) is 6.54 Å². The molecule has 0 radical (unpaired) electrons. The van der Waals surface area contributed by atoms with Gasteiger partial charge in [-0.2, -0.15) is 5.10 Å². The molecule has 1 atom stereocenters. The van der Waals surface area contributed by atoms with Gasteiger partial charge >= 0.3 is 0 Å². The molecule has 0 fully saturated rings. The van der Waals surface area contributed by atoms with Crippen LogP contribution in [0.2, 0.25) is 5.02 Å². The predicted octanol–water partition coefficient (Wildman–Crippen LogP) is 4.39. The molecule has 0 aliphatic heterocycles. The highest BCUT2D eigenvalue weighted by Crippen LogP contribution is 2.28. The van der Waals surface area contributed by atoms with E-state index in [0.717, 1.165) is 36.0 Å². The number of aromatic nitrogens is 2. The van der Waals surface area contributed by atoms with Gasteiger partial charge in [0.15, 0.2) is 0 Å². The summed E-state index contributed by atoms with van der Waals surface area (Å²) in [5.74, 6) is 0.940. The van der Waals surface area contributed by atoms with Crippen molar-refractivity contribution in [2.75, 3.05) is 12.3 Å². The first-order chi connectivity index (χ1) is 10.3. The molecule has 2 aromatic rings. The van der Waals surface area contributed by atoms with E-state index in [9.17, 15) is 0 Å². The first-order valence-corrected chi connectivity index (χ1v) is 8.75. The number of halogens is 1. The Morgan fingerprint density at radius 2 is 2.05 bits per heavy atom. The molecule has 0 aliphatic carbocycles. The fraction of sp³-hybridized carbons (Fsp3) is 0.438. The lowest BCUT2D eigenvalue weighted by Crippen LogP contribution is -2.27. The van der Waals surface area contributed by atoms with Crippen LogP contribution in [0.25, 0.3) is 0 Å². The highest BCUT2D eigenvalue weighted by molar-refractivity contribution is 7.99. The molecular weight excluding hydrogens is 302 g/mol. The SMILES string of the molecule is CCCNC(CSc1ccccc1)c1c(Cl)cnn1CC. The summed E-state index contributed by atoms with van der Waals surface area (Å²) in [6.07, 6.45) is 2.85. The van der Waals surface area contributed by atoms with E-state index in [-0.39, 0.29) is 6.04 Å². The minimum absolute atomic E-state index is 0.213. The Labute approximate surface area is 136 Å². The number of hydrogen-bond acceptors (Lipinski definition) is 3. The van der Waals surface area contributed by atoms with Crippen molar-refractivity contribution in [2.24, 2.45) is 0 Å². The van der Waals surface area contributed by atoms with Crippen molar-refractivity contribution in [3.63, 3.8) is 0 Å². The number of rotatable bonds is 8. The Morgan fingerprint density at radius 1 is 1.29 bits per heavy atom. The van der Waals surface area contributed by atoms with Gasteiger partial charge in [0.05, 0.1) is 23.0 Å². The third-order valence-corrected chi connectivity index (χ3v) is 4.66. The molecule has 1 aromatic heterocycles. The van der Waals surface area contributed by atoms with Crippen molar-refractivity contribution in [1.82, 2.24) is 15.1 Å². The van der Waals surface area contributed by atoms with Gasteiger partial charge in [-0.1, -0.05) is 36.7 Å². The smallest absolute Gasteiger partial charge is 0.0834 e. The fourth-order valence-corrected chi connectivity index (χ4v) is 3.48. The predicted molar refractivity (Wildman–Crippen MR) is 91.1 cm³/mol. The molecular formula is C16H22ClN3S. The minimum atomic E-state index is 0.213. The zero-order valence-corrected chi connectivity index (χ0v) is 14.1. The normalized spacial score (nSPS) is 12.5. The average Bonchev–Trinajstić information content (AvgIpc) is 2.89. The molecule has 0 saturated carbocycles. The monoisotopic (exact) mass is 323 g/mol. The fourth-order valence-electron chi connectivity index (χ4n) is 2.22. The van der Waals surface area contributed by atoms with Crippen molar-refractivity contribution >= 4 is 23.4 Å². The summed E-state index contributed by atoms with van der Waals surface area (Å²) in [7, 11) is 0. The van der Waals surface area contributed by atoms with Gasteiger partial charge in [-0.3, -0.25) is 4.68 Å². The van der Waals surface area contributed by atoms with Gasteiger partial charge in [-0.05, 0) is 32.0 Å². The molecule has 0 amide bonds. The summed E-state index contributed by atoms with van der Waals surface area (Å²) in [4.78, 5) is 1.28. The summed E-state index contributed by atoms with van der Waals surface area (Å²) in [5.41, 5.74) is 1.09. The van der Waals surface area contributed by atoms with Crippen LogP contribution in [0.1, 0.15) is 32.0 Å². The molecule has 0 aliphatic rings. The standard InChI is InChI=1S/C16H22ClN3S/c1-3-10-18-15(12-21-13-8-6-5-7-9-13)16-14(17)11-19-20(16)4-2/h5-9,11,15,18H,3-4,10,12H2,1-2H3. The zero-order chi connectivity index (χ0) is 15.1. The molecule has 1 unspecified atom stereocenters. The van der Waals surface area contributed by atoms with Gasteiger partial charge in [0.1, 0.15) is 0 Å². The van der Waals surface area contributed by atoms with Crippen LogP contribution in [0.4, 0.5) is 0 Å². The van der Waals surface area contributed by atoms with E-state index in [1.165, 1.54) is 4.90 Å². The zero-order valence-electron chi connectivity index (χ0n) is 12.6. The first kappa shape index (κ1) is 16.4. The van der Waals surface area contributed by atoms with Crippen LogP contribution >= 0.6 is 23.4 Å². The Morgan fingerprint density at radius 3 is 2.71 bits per heavy atom. The molecule has 5 heteroatoms. The lowest BCUT2D eigenvalue weighted by molar-refractivity contribution is 0.514.